The molecule has 17 heavy (non-hydrogen) atoms. The molecule has 0 unspecified atom stereocenters. The highest BCUT2D eigenvalue weighted by Gasteiger charge is 2.04. The zero-order chi connectivity index (χ0) is 12.7. The third-order valence-electron chi connectivity index (χ3n) is 2.93. The Morgan fingerprint density at radius 2 is 2.12 bits per heavy atom. The molecule has 0 radical (unpaired) electrons. The number of unbranched alkanes of at least 4 members (excludes halogenated alkanes) is 2. The Hall–Kier alpha value is -1.69. The molecule has 1 rings (SSSR count). The van der Waals surface area contributed by atoms with E-state index in [4.69, 9.17) is 11.0 Å². The van der Waals surface area contributed by atoms with Crippen LogP contribution in [0, 0.1) is 11.3 Å². The maximum Gasteiger partial charge on any atom is 0.0670 e. The first-order chi connectivity index (χ1) is 8.19. The van der Waals surface area contributed by atoms with Gasteiger partial charge in [0.15, 0.2) is 0 Å². The summed E-state index contributed by atoms with van der Waals surface area (Å²) in [4.78, 5) is 2.22. The molecule has 0 bridgehead atoms. The molecule has 92 valence electrons. The van der Waals surface area contributed by atoms with Gasteiger partial charge in [0.2, 0.25) is 0 Å². The summed E-state index contributed by atoms with van der Waals surface area (Å²) >= 11 is 0. The van der Waals surface area contributed by atoms with Gasteiger partial charge in [0.25, 0.3) is 0 Å². The van der Waals surface area contributed by atoms with Gasteiger partial charge in [0.1, 0.15) is 0 Å². The Labute approximate surface area is 104 Å². The van der Waals surface area contributed by atoms with Gasteiger partial charge in [-0.25, -0.2) is 0 Å². The van der Waals surface area contributed by atoms with Crippen molar-refractivity contribution < 1.29 is 0 Å². The molecule has 0 amide bonds. The minimum Gasteiger partial charge on any atom is -0.398 e. The van der Waals surface area contributed by atoms with Crippen LogP contribution in [0.25, 0.3) is 0 Å². The fourth-order valence-corrected chi connectivity index (χ4v) is 1.80. The molecule has 0 aliphatic heterocycles. The van der Waals surface area contributed by atoms with Crippen molar-refractivity contribution in [1.29, 1.82) is 5.26 Å². The fourth-order valence-electron chi connectivity index (χ4n) is 1.80. The molecule has 1 aromatic rings. The Morgan fingerprint density at radius 3 is 2.76 bits per heavy atom. The lowest BCUT2D eigenvalue weighted by atomic mass is 10.1. The average molecular weight is 231 g/mol. The van der Waals surface area contributed by atoms with Gasteiger partial charge in [0, 0.05) is 25.0 Å². The Kier molecular flexibility index (Phi) is 5.35. The molecule has 3 nitrogen and oxygen atoms in total. The number of hydrogen-bond donors (Lipinski definition) is 1. The summed E-state index contributed by atoms with van der Waals surface area (Å²) < 4.78 is 0. The lowest BCUT2D eigenvalue weighted by Gasteiger charge is -2.20. The van der Waals surface area contributed by atoms with Gasteiger partial charge in [0.05, 0.1) is 12.5 Å². The number of nitrogen functional groups attached to an aromatic ring is 1. The van der Waals surface area contributed by atoms with Gasteiger partial charge < -0.3 is 10.6 Å². The summed E-state index contributed by atoms with van der Waals surface area (Å²) in [5, 5.41) is 8.73. The first kappa shape index (κ1) is 13.4. The molecular weight excluding hydrogens is 210 g/mol. The van der Waals surface area contributed by atoms with E-state index in [9.17, 15) is 0 Å². The number of anilines is 2. The van der Waals surface area contributed by atoms with Crippen LogP contribution in [0.4, 0.5) is 11.4 Å². The van der Waals surface area contributed by atoms with Gasteiger partial charge in [-0.2, -0.15) is 5.26 Å². The first-order valence-electron chi connectivity index (χ1n) is 6.15. The third kappa shape index (κ3) is 3.99. The highest BCUT2D eigenvalue weighted by atomic mass is 15.1. The van der Waals surface area contributed by atoms with Crippen LogP contribution in [0.1, 0.15) is 31.7 Å². The Balaban J connectivity index is 2.70. The minimum absolute atomic E-state index is 0.377. The van der Waals surface area contributed by atoms with Crippen molar-refractivity contribution in [1.82, 2.24) is 0 Å². The quantitative estimate of drug-likeness (QED) is 0.605. The largest absolute Gasteiger partial charge is 0.398 e. The summed E-state index contributed by atoms with van der Waals surface area (Å²) in [5.74, 6) is 0. The molecule has 0 aliphatic rings. The van der Waals surface area contributed by atoms with Crippen molar-refractivity contribution in [2.24, 2.45) is 0 Å². The number of nitrogens with two attached hydrogens (primary N) is 1. The van der Waals surface area contributed by atoms with E-state index in [1.165, 1.54) is 19.3 Å². The summed E-state index contributed by atoms with van der Waals surface area (Å²) in [5.41, 5.74) is 8.60. The zero-order valence-electron chi connectivity index (χ0n) is 10.7. The van der Waals surface area contributed by atoms with Crippen LogP contribution < -0.4 is 10.6 Å². The van der Waals surface area contributed by atoms with Crippen LogP contribution in [-0.4, -0.2) is 13.6 Å². The highest BCUT2D eigenvalue weighted by molar-refractivity contribution is 5.58. The second-order valence-corrected chi connectivity index (χ2v) is 4.35. The van der Waals surface area contributed by atoms with E-state index < -0.39 is 0 Å². The maximum atomic E-state index is 8.73. The molecule has 0 atom stereocenters. The molecule has 0 fully saturated rings. The van der Waals surface area contributed by atoms with Gasteiger partial charge >= 0.3 is 0 Å². The molecule has 0 saturated heterocycles. The van der Waals surface area contributed by atoms with Crippen molar-refractivity contribution >= 4 is 11.4 Å². The summed E-state index contributed by atoms with van der Waals surface area (Å²) in [6, 6.07) is 8.07. The van der Waals surface area contributed by atoms with E-state index in [2.05, 4.69) is 24.9 Å². The Morgan fingerprint density at radius 1 is 1.35 bits per heavy atom. The summed E-state index contributed by atoms with van der Waals surface area (Å²) in [6.45, 7) is 3.25. The van der Waals surface area contributed by atoms with Crippen molar-refractivity contribution in [3.8, 4) is 6.07 Å². The topological polar surface area (TPSA) is 53.0 Å². The van der Waals surface area contributed by atoms with E-state index in [1.807, 2.05) is 18.2 Å². The monoisotopic (exact) mass is 231 g/mol. The zero-order valence-corrected chi connectivity index (χ0v) is 10.7. The normalized spacial score (nSPS) is 9.94. The van der Waals surface area contributed by atoms with Gasteiger partial charge in [-0.1, -0.05) is 19.8 Å². The predicted octanol–water partition coefficient (Wildman–Crippen LogP) is 2.96. The first-order valence-corrected chi connectivity index (χ1v) is 6.15. The van der Waals surface area contributed by atoms with E-state index in [0.29, 0.717) is 12.1 Å². The van der Waals surface area contributed by atoms with E-state index in [0.717, 1.165) is 17.8 Å². The highest BCUT2D eigenvalue weighted by Crippen LogP contribution is 2.21. The van der Waals surface area contributed by atoms with E-state index >= 15 is 0 Å². The van der Waals surface area contributed by atoms with E-state index in [1.54, 1.807) is 0 Å². The summed E-state index contributed by atoms with van der Waals surface area (Å²) in [7, 11) is 2.08. The average Bonchev–Trinajstić information content (AvgIpc) is 2.32. The molecule has 0 heterocycles. The number of rotatable bonds is 6. The van der Waals surface area contributed by atoms with Crippen LogP contribution in [0.3, 0.4) is 0 Å². The predicted molar refractivity (Wildman–Crippen MR) is 73.0 cm³/mol. The van der Waals surface area contributed by atoms with Crippen LogP contribution in [0.15, 0.2) is 18.2 Å². The molecule has 0 aliphatic carbocycles. The SMILES string of the molecule is CCCCCN(C)c1ccc(N)c(CC#N)c1. The van der Waals surface area contributed by atoms with Crippen LogP contribution in [0.2, 0.25) is 0 Å². The van der Waals surface area contributed by atoms with Crippen molar-refractivity contribution in [3.05, 3.63) is 23.8 Å². The van der Waals surface area contributed by atoms with Gasteiger partial charge in [-0.15, -0.1) is 0 Å². The lowest BCUT2D eigenvalue weighted by Crippen LogP contribution is -2.18. The maximum absolute atomic E-state index is 8.73. The van der Waals surface area contributed by atoms with Crippen LogP contribution in [-0.2, 0) is 6.42 Å². The second-order valence-electron chi connectivity index (χ2n) is 4.35. The molecule has 3 heteroatoms. The van der Waals surface area contributed by atoms with Gasteiger partial charge in [-0.05, 0) is 30.2 Å². The fraction of sp³-hybridized carbons (Fsp3) is 0.500. The lowest BCUT2D eigenvalue weighted by molar-refractivity contribution is 0.705. The number of benzene rings is 1. The van der Waals surface area contributed by atoms with Crippen LogP contribution >= 0.6 is 0 Å². The van der Waals surface area contributed by atoms with E-state index in [-0.39, 0.29) is 0 Å². The van der Waals surface area contributed by atoms with Gasteiger partial charge in [-0.3, -0.25) is 0 Å². The third-order valence-corrected chi connectivity index (χ3v) is 2.93. The standard InChI is InChI=1S/C14H21N3/c1-3-4-5-10-17(2)13-6-7-14(16)12(11-13)8-9-15/h6-7,11H,3-5,8,10,16H2,1-2H3. The molecule has 0 saturated carbocycles. The second kappa shape index (κ2) is 6.80. The van der Waals surface area contributed by atoms with Crippen molar-refractivity contribution in [2.45, 2.75) is 32.6 Å². The molecule has 2 N–H and O–H groups in total. The number of hydrogen-bond acceptors (Lipinski definition) is 3. The number of nitriles is 1. The molecule has 1 aromatic carbocycles. The molecular formula is C14H21N3. The summed E-state index contributed by atoms with van der Waals surface area (Å²) in [6.07, 6.45) is 4.06. The van der Waals surface area contributed by atoms with Crippen molar-refractivity contribution in [3.63, 3.8) is 0 Å². The molecule has 0 aromatic heterocycles. The van der Waals surface area contributed by atoms with Crippen molar-refractivity contribution in [2.75, 3.05) is 24.2 Å². The van der Waals surface area contributed by atoms with Crippen LogP contribution in [0.5, 0.6) is 0 Å². The molecule has 0 spiro atoms. The smallest absolute Gasteiger partial charge is 0.0670 e. The minimum atomic E-state index is 0.377. The number of nitrogens with zero attached hydrogens (tertiary/aromatic N) is 2. The Bertz CT molecular complexity index is 393.